The number of nitrogens with zero attached hydrogens (tertiary/aromatic N) is 4. The molecule has 1 aliphatic rings. The highest BCUT2D eigenvalue weighted by molar-refractivity contribution is 7.80. The molecule has 1 aliphatic heterocycles. The summed E-state index contributed by atoms with van der Waals surface area (Å²) in [4.78, 5) is 20.2. The molecule has 11 heteroatoms. The maximum atomic E-state index is 13.7. The van der Waals surface area contributed by atoms with Gasteiger partial charge in [0, 0.05) is 18.9 Å². The summed E-state index contributed by atoms with van der Waals surface area (Å²) in [5.41, 5.74) is -1.02. The minimum atomic E-state index is -4.76. The second-order valence-electron chi connectivity index (χ2n) is 9.46. The van der Waals surface area contributed by atoms with E-state index in [-0.39, 0.29) is 23.0 Å². The lowest BCUT2D eigenvalue weighted by atomic mass is 9.98. The zero-order valence-electron chi connectivity index (χ0n) is 21.3. The van der Waals surface area contributed by atoms with Crippen LogP contribution in [0, 0.1) is 18.3 Å². The van der Waals surface area contributed by atoms with Crippen molar-refractivity contribution in [1.82, 2.24) is 9.88 Å². The average molecular weight is 573 g/mol. The summed E-state index contributed by atoms with van der Waals surface area (Å²) in [6, 6.07) is 13.2. The van der Waals surface area contributed by atoms with E-state index in [0.29, 0.717) is 23.7 Å². The van der Waals surface area contributed by atoms with Crippen LogP contribution in [-0.2, 0) is 11.0 Å². The number of hydrogen-bond donors (Lipinski definition) is 0. The summed E-state index contributed by atoms with van der Waals surface area (Å²) in [5.74, 6) is 0.0485. The van der Waals surface area contributed by atoms with Gasteiger partial charge < -0.3 is 9.64 Å². The van der Waals surface area contributed by atoms with Crippen molar-refractivity contribution in [1.29, 1.82) is 5.26 Å². The number of pyridine rings is 1. The van der Waals surface area contributed by atoms with Gasteiger partial charge in [0.15, 0.2) is 5.11 Å². The molecule has 3 aromatic rings. The minimum Gasteiger partial charge on any atom is -0.492 e. The van der Waals surface area contributed by atoms with Crippen molar-refractivity contribution in [3.63, 3.8) is 0 Å². The summed E-state index contributed by atoms with van der Waals surface area (Å²) >= 11 is 12.0. The fraction of sp³-hybridized carbons (Fsp3) is 0.286. The van der Waals surface area contributed by atoms with Crippen molar-refractivity contribution in [3.8, 4) is 22.9 Å². The van der Waals surface area contributed by atoms with Gasteiger partial charge in [-0.15, -0.1) is 0 Å². The summed E-state index contributed by atoms with van der Waals surface area (Å²) < 4.78 is 47.1. The number of aromatic nitrogens is 1. The Labute approximate surface area is 234 Å². The van der Waals surface area contributed by atoms with Crippen LogP contribution in [0.25, 0.3) is 11.1 Å². The van der Waals surface area contributed by atoms with Gasteiger partial charge in [-0.1, -0.05) is 17.7 Å². The van der Waals surface area contributed by atoms with Gasteiger partial charge >= 0.3 is 6.18 Å². The molecule has 0 radical (unpaired) electrons. The first kappa shape index (κ1) is 28.3. The molecule has 6 nitrogen and oxygen atoms in total. The number of ether oxygens (including phenoxy) is 1. The molecule has 0 saturated carbocycles. The Balaban J connectivity index is 1.47. The number of hydrogen-bond acceptors (Lipinski definition) is 5. The number of carbonyl (C=O) groups excluding carboxylic acids is 1. The Bertz CT molecular complexity index is 1470. The van der Waals surface area contributed by atoms with Crippen molar-refractivity contribution in [2.45, 2.75) is 38.9 Å². The topological polar surface area (TPSA) is 69.5 Å². The summed E-state index contributed by atoms with van der Waals surface area (Å²) in [5, 5.41) is 9.72. The molecule has 0 aliphatic carbocycles. The molecule has 1 fully saturated rings. The summed E-state index contributed by atoms with van der Waals surface area (Å²) in [6.07, 6.45) is -0.906. The smallest absolute Gasteiger partial charge is 0.418 e. The van der Waals surface area contributed by atoms with Crippen LogP contribution in [0.4, 0.5) is 18.9 Å². The minimum absolute atomic E-state index is 0.00391. The molecule has 4 rings (SSSR count). The standard InChI is InChI=1S/C28H24ClF3N4O2S/c1-17-22(7-5-20(16-33)24(17)28(30,31)32)36-25(37)27(2,3)35(26(36)39)13-4-14-38-23-8-6-19(15-21(23)29)18-9-11-34-12-10-18/h5-12,15H,4,13-14H2,1-3H3. The van der Waals surface area contributed by atoms with E-state index in [9.17, 15) is 23.2 Å². The fourth-order valence-corrected chi connectivity index (χ4v) is 5.31. The fourth-order valence-electron chi connectivity index (χ4n) is 4.57. The average Bonchev–Trinajstić information content (AvgIpc) is 3.05. The zero-order valence-corrected chi connectivity index (χ0v) is 22.9. The predicted molar refractivity (Wildman–Crippen MR) is 147 cm³/mol. The number of amides is 1. The van der Waals surface area contributed by atoms with Gasteiger partial charge in [-0.25, -0.2) is 0 Å². The molecule has 1 aromatic heterocycles. The monoisotopic (exact) mass is 572 g/mol. The van der Waals surface area contributed by atoms with Gasteiger partial charge in [0.2, 0.25) is 0 Å². The van der Waals surface area contributed by atoms with E-state index in [0.717, 1.165) is 22.1 Å². The van der Waals surface area contributed by atoms with Gasteiger partial charge in [-0.05, 0) is 92.5 Å². The van der Waals surface area contributed by atoms with Crippen molar-refractivity contribution < 1.29 is 22.7 Å². The molecule has 202 valence electrons. The highest BCUT2D eigenvalue weighted by Gasteiger charge is 2.50. The lowest BCUT2D eigenvalue weighted by molar-refractivity contribution is -0.138. The summed E-state index contributed by atoms with van der Waals surface area (Å²) in [6.45, 7) is 5.16. The van der Waals surface area contributed by atoms with Gasteiger partial charge in [-0.2, -0.15) is 18.4 Å². The molecule has 0 atom stereocenters. The molecule has 0 spiro atoms. The normalized spacial score (nSPS) is 15.0. The first-order chi connectivity index (χ1) is 18.4. The van der Waals surface area contributed by atoms with Crippen molar-refractivity contribution in [2.75, 3.05) is 18.1 Å². The zero-order chi connectivity index (χ0) is 28.5. The third-order valence-corrected chi connectivity index (χ3v) is 7.33. The molecule has 2 heterocycles. The third-order valence-electron chi connectivity index (χ3n) is 6.63. The van der Waals surface area contributed by atoms with Crippen LogP contribution in [0.3, 0.4) is 0 Å². The number of carbonyl (C=O) groups is 1. The third kappa shape index (κ3) is 5.42. The lowest BCUT2D eigenvalue weighted by Gasteiger charge is -2.29. The number of rotatable bonds is 7. The largest absolute Gasteiger partial charge is 0.492 e. The van der Waals surface area contributed by atoms with E-state index in [2.05, 4.69) is 4.98 Å². The van der Waals surface area contributed by atoms with Crippen LogP contribution in [-0.4, -0.2) is 39.6 Å². The number of thiocarbonyl (C=S) groups is 1. The van der Waals surface area contributed by atoms with E-state index < -0.39 is 28.7 Å². The molecule has 39 heavy (non-hydrogen) atoms. The highest BCUT2D eigenvalue weighted by Crippen LogP contribution is 2.41. The van der Waals surface area contributed by atoms with E-state index >= 15 is 0 Å². The van der Waals surface area contributed by atoms with Crippen LogP contribution in [0.2, 0.25) is 5.02 Å². The van der Waals surface area contributed by atoms with Crippen molar-refractivity contribution >= 4 is 40.5 Å². The van der Waals surface area contributed by atoms with Crippen molar-refractivity contribution in [3.05, 3.63) is 76.6 Å². The van der Waals surface area contributed by atoms with Crippen LogP contribution in [0.15, 0.2) is 54.9 Å². The number of alkyl halides is 3. The Morgan fingerprint density at radius 1 is 1.13 bits per heavy atom. The van der Waals surface area contributed by atoms with Gasteiger partial charge in [0.05, 0.1) is 34.5 Å². The Morgan fingerprint density at radius 2 is 1.82 bits per heavy atom. The first-order valence-electron chi connectivity index (χ1n) is 12.0. The van der Waals surface area contributed by atoms with E-state index in [1.54, 1.807) is 49.3 Å². The Morgan fingerprint density at radius 3 is 2.44 bits per heavy atom. The molecular weight excluding hydrogens is 549 g/mol. The van der Waals surface area contributed by atoms with E-state index in [4.69, 9.17) is 28.6 Å². The first-order valence-corrected chi connectivity index (χ1v) is 12.8. The van der Waals surface area contributed by atoms with Gasteiger partial charge in [0.1, 0.15) is 11.3 Å². The molecule has 2 aromatic carbocycles. The van der Waals surface area contributed by atoms with E-state index in [1.165, 1.54) is 13.0 Å². The second kappa shape index (κ2) is 10.8. The molecular formula is C28H24ClF3N4O2S. The van der Waals surface area contributed by atoms with Gasteiger partial charge in [-0.3, -0.25) is 14.7 Å². The Hall–Kier alpha value is -3.68. The second-order valence-corrected chi connectivity index (χ2v) is 10.2. The lowest BCUT2D eigenvalue weighted by Crippen LogP contribution is -2.44. The molecule has 0 N–H and O–H groups in total. The number of benzene rings is 2. The molecule has 1 amide bonds. The molecule has 0 unspecified atom stereocenters. The molecule has 0 bridgehead atoms. The number of halogens is 4. The molecule has 1 saturated heterocycles. The van der Waals surface area contributed by atoms with Crippen LogP contribution >= 0.6 is 23.8 Å². The highest BCUT2D eigenvalue weighted by atomic mass is 35.5. The van der Waals surface area contributed by atoms with Crippen LogP contribution in [0.5, 0.6) is 5.75 Å². The van der Waals surface area contributed by atoms with Gasteiger partial charge in [0.25, 0.3) is 5.91 Å². The number of anilines is 1. The quantitative estimate of drug-likeness (QED) is 0.230. The predicted octanol–water partition coefficient (Wildman–Crippen LogP) is 6.78. The van der Waals surface area contributed by atoms with Crippen molar-refractivity contribution in [2.24, 2.45) is 0 Å². The van der Waals surface area contributed by atoms with Crippen LogP contribution < -0.4 is 9.64 Å². The maximum Gasteiger partial charge on any atom is 0.418 e. The maximum absolute atomic E-state index is 13.7. The SMILES string of the molecule is Cc1c(N2C(=O)C(C)(C)N(CCCOc3ccc(-c4ccncc4)cc3Cl)C2=S)ccc(C#N)c1C(F)(F)F. The number of nitriles is 1. The van der Waals surface area contributed by atoms with Crippen LogP contribution in [0.1, 0.15) is 37.0 Å². The van der Waals surface area contributed by atoms with E-state index in [1.807, 2.05) is 18.2 Å². The Kier molecular flexibility index (Phi) is 7.87. The summed E-state index contributed by atoms with van der Waals surface area (Å²) in [7, 11) is 0.